The lowest BCUT2D eigenvalue weighted by atomic mass is 10.1. The molecule has 8 heteroatoms. The summed E-state index contributed by atoms with van der Waals surface area (Å²) in [5.74, 6) is -0.615. The van der Waals surface area contributed by atoms with Crippen LogP contribution in [-0.2, 0) is 6.18 Å². The van der Waals surface area contributed by atoms with Crippen molar-refractivity contribution in [3.63, 3.8) is 0 Å². The third-order valence-electron chi connectivity index (χ3n) is 2.75. The minimum atomic E-state index is -4.64. The average molecular weight is 279 g/mol. The molecular formula is C10H12F3N3OS. The summed E-state index contributed by atoms with van der Waals surface area (Å²) in [6, 6.07) is 0. The average Bonchev–Trinajstić information content (AvgIpc) is 2.71. The SMILES string of the molecule is Nc1nc(C(F)(F)F)c(C(=O)N2CCCCC2)s1. The number of piperidine rings is 1. The first-order valence-electron chi connectivity index (χ1n) is 5.52. The third-order valence-corrected chi connectivity index (χ3v) is 3.62. The summed E-state index contributed by atoms with van der Waals surface area (Å²) in [4.78, 5) is 16.3. The molecule has 0 radical (unpaired) electrons. The number of hydrogen-bond acceptors (Lipinski definition) is 4. The van der Waals surface area contributed by atoms with E-state index in [9.17, 15) is 18.0 Å². The van der Waals surface area contributed by atoms with Crippen molar-refractivity contribution in [1.29, 1.82) is 0 Å². The van der Waals surface area contributed by atoms with Gasteiger partial charge in [-0.15, -0.1) is 0 Å². The van der Waals surface area contributed by atoms with Crippen molar-refractivity contribution in [2.45, 2.75) is 25.4 Å². The predicted molar refractivity (Wildman–Crippen MR) is 61.3 cm³/mol. The van der Waals surface area contributed by atoms with Crippen LogP contribution in [0.25, 0.3) is 0 Å². The van der Waals surface area contributed by atoms with Crippen LogP contribution in [0.1, 0.15) is 34.6 Å². The molecule has 2 rings (SSSR count). The van der Waals surface area contributed by atoms with Crippen molar-refractivity contribution in [2.75, 3.05) is 18.8 Å². The Morgan fingerprint density at radius 1 is 1.28 bits per heavy atom. The van der Waals surface area contributed by atoms with E-state index in [4.69, 9.17) is 5.73 Å². The van der Waals surface area contributed by atoms with Gasteiger partial charge in [-0.05, 0) is 19.3 Å². The lowest BCUT2D eigenvalue weighted by Crippen LogP contribution is -2.36. The van der Waals surface area contributed by atoms with E-state index in [-0.39, 0.29) is 5.13 Å². The number of nitrogens with zero attached hydrogens (tertiary/aromatic N) is 2. The molecule has 1 aliphatic heterocycles. The second-order valence-electron chi connectivity index (χ2n) is 4.08. The van der Waals surface area contributed by atoms with Crippen LogP contribution < -0.4 is 5.73 Å². The summed E-state index contributed by atoms with van der Waals surface area (Å²) in [7, 11) is 0. The quantitative estimate of drug-likeness (QED) is 0.858. The van der Waals surface area contributed by atoms with E-state index in [0.717, 1.165) is 19.3 Å². The van der Waals surface area contributed by atoms with Gasteiger partial charge in [0.05, 0.1) is 0 Å². The molecule has 1 saturated heterocycles. The molecule has 1 fully saturated rings. The van der Waals surface area contributed by atoms with Crippen LogP contribution in [-0.4, -0.2) is 28.9 Å². The second-order valence-corrected chi connectivity index (χ2v) is 5.11. The molecule has 2 N–H and O–H groups in total. The molecule has 1 amide bonds. The van der Waals surface area contributed by atoms with Crippen LogP contribution >= 0.6 is 11.3 Å². The van der Waals surface area contributed by atoms with Crippen molar-refractivity contribution in [3.05, 3.63) is 10.6 Å². The molecule has 4 nitrogen and oxygen atoms in total. The van der Waals surface area contributed by atoms with E-state index >= 15 is 0 Å². The highest BCUT2D eigenvalue weighted by Gasteiger charge is 2.40. The number of nitrogen functional groups attached to an aromatic ring is 1. The van der Waals surface area contributed by atoms with Gasteiger partial charge in [-0.2, -0.15) is 13.2 Å². The molecule has 0 spiro atoms. The summed E-state index contributed by atoms with van der Waals surface area (Å²) >= 11 is 0.598. The normalized spacial score (nSPS) is 16.9. The maximum Gasteiger partial charge on any atom is 0.435 e. The van der Waals surface area contributed by atoms with Crippen LogP contribution in [0.2, 0.25) is 0 Å². The zero-order valence-electron chi connectivity index (χ0n) is 9.46. The smallest absolute Gasteiger partial charge is 0.375 e. The number of aromatic nitrogens is 1. The molecule has 1 aliphatic rings. The van der Waals surface area contributed by atoms with E-state index in [2.05, 4.69) is 4.98 Å². The van der Waals surface area contributed by atoms with E-state index in [1.807, 2.05) is 0 Å². The molecular weight excluding hydrogens is 267 g/mol. The molecule has 1 aromatic heterocycles. The first-order valence-corrected chi connectivity index (χ1v) is 6.34. The van der Waals surface area contributed by atoms with E-state index in [1.165, 1.54) is 4.90 Å². The third kappa shape index (κ3) is 2.58. The van der Waals surface area contributed by atoms with Crippen molar-refractivity contribution >= 4 is 22.4 Å². The minimum Gasteiger partial charge on any atom is -0.375 e. The second kappa shape index (κ2) is 4.75. The fraction of sp³-hybridized carbons (Fsp3) is 0.600. The zero-order chi connectivity index (χ0) is 13.3. The Balaban J connectivity index is 2.29. The number of thiazole rings is 1. The maximum atomic E-state index is 12.7. The molecule has 100 valence electrons. The van der Waals surface area contributed by atoms with Gasteiger partial charge in [-0.1, -0.05) is 11.3 Å². The van der Waals surface area contributed by atoms with Gasteiger partial charge in [0.15, 0.2) is 10.8 Å². The van der Waals surface area contributed by atoms with Crippen LogP contribution in [0.15, 0.2) is 0 Å². The van der Waals surface area contributed by atoms with Gasteiger partial charge in [0.2, 0.25) is 0 Å². The van der Waals surface area contributed by atoms with Crippen molar-refractivity contribution < 1.29 is 18.0 Å². The summed E-state index contributed by atoms with van der Waals surface area (Å²) in [6.45, 7) is 0.988. The number of rotatable bonds is 1. The zero-order valence-corrected chi connectivity index (χ0v) is 10.3. The van der Waals surface area contributed by atoms with Crippen LogP contribution in [0.3, 0.4) is 0 Å². The fourth-order valence-corrected chi connectivity index (χ4v) is 2.73. The highest BCUT2D eigenvalue weighted by Crippen LogP contribution is 2.36. The number of anilines is 1. The van der Waals surface area contributed by atoms with Crippen molar-refractivity contribution in [3.8, 4) is 0 Å². The summed E-state index contributed by atoms with van der Waals surface area (Å²) in [6.07, 6.45) is -2.00. The fourth-order valence-electron chi connectivity index (χ4n) is 1.91. The summed E-state index contributed by atoms with van der Waals surface area (Å²) in [5, 5.41) is -0.234. The molecule has 0 saturated carbocycles. The largest absolute Gasteiger partial charge is 0.435 e. The van der Waals surface area contributed by atoms with E-state index < -0.39 is 22.7 Å². The van der Waals surface area contributed by atoms with Gasteiger partial charge in [0.1, 0.15) is 4.88 Å². The Morgan fingerprint density at radius 3 is 2.44 bits per heavy atom. The molecule has 2 heterocycles. The molecule has 0 aliphatic carbocycles. The monoisotopic (exact) mass is 279 g/mol. The van der Waals surface area contributed by atoms with Crippen LogP contribution in [0, 0.1) is 0 Å². The van der Waals surface area contributed by atoms with E-state index in [0.29, 0.717) is 24.4 Å². The Kier molecular flexibility index (Phi) is 3.47. The Morgan fingerprint density at radius 2 is 1.89 bits per heavy atom. The number of hydrogen-bond donors (Lipinski definition) is 1. The standard InChI is InChI=1S/C10H12F3N3OS/c11-10(12,13)7-6(18-9(14)15-7)8(17)16-4-2-1-3-5-16/h1-5H2,(H2,14,15). The molecule has 0 aromatic carbocycles. The number of alkyl halides is 3. The minimum absolute atomic E-state index is 0.234. The van der Waals surface area contributed by atoms with Crippen molar-refractivity contribution in [2.24, 2.45) is 0 Å². The lowest BCUT2D eigenvalue weighted by Gasteiger charge is -2.26. The van der Waals surface area contributed by atoms with Gasteiger partial charge < -0.3 is 10.6 Å². The number of carbonyl (C=O) groups excluding carboxylic acids is 1. The topological polar surface area (TPSA) is 59.2 Å². The molecule has 0 unspecified atom stereocenters. The van der Waals surface area contributed by atoms with Gasteiger partial charge in [-0.3, -0.25) is 4.79 Å². The van der Waals surface area contributed by atoms with Gasteiger partial charge >= 0.3 is 6.18 Å². The number of amides is 1. The Labute approximate surface area is 106 Å². The number of nitrogens with two attached hydrogens (primary N) is 1. The maximum absolute atomic E-state index is 12.7. The Hall–Kier alpha value is -1.31. The van der Waals surface area contributed by atoms with Gasteiger partial charge in [0.25, 0.3) is 5.91 Å². The first kappa shape index (κ1) is 13.1. The number of likely N-dealkylation sites (tertiary alicyclic amines) is 1. The van der Waals surface area contributed by atoms with Gasteiger partial charge in [0, 0.05) is 13.1 Å². The van der Waals surface area contributed by atoms with E-state index in [1.54, 1.807) is 0 Å². The van der Waals surface area contributed by atoms with Crippen LogP contribution in [0.4, 0.5) is 18.3 Å². The lowest BCUT2D eigenvalue weighted by molar-refractivity contribution is -0.141. The molecule has 18 heavy (non-hydrogen) atoms. The number of carbonyl (C=O) groups is 1. The number of halogens is 3. The van der Waals surface area contributed by atoms with Crippen molar-refractivity contribution in [1.82, 2.24) is 9.88 Å². The predicted octanol–water partition coefficient (Wildman–Crippen LogP) is 2.37. The molecule has 0 bridgehead atoms. The van der Waals surface area contributed by atoms with Crippen LogP contribution in [0.5, 0.6) is 0 Å². The Bertz CT molecular complexity index is 452. The first-order chi connectivity index (χ1) is 8.39. The molecule has 0 atom stereocenters. The molecule has 1 aromatic rings. The van der Waals surface area contributed by atoms with Gasteiger partial charge in [-0.25, -0.2) is 4.98 Å². The summed E-state index contributed by atoms with van der Waals surface area (Å²) in [5.41, 5.74) is 4.11. The highest BCUT2D eigenvalue weighted by molar-refractivity contribution is 7.17. The summed E-state index contributed by atoms with van der Waals surface area (Å²) < 4.78 is 38.1. The highest BCUT2D eigenvalue weighted by atomic mass is 32.1.